The fourth-order valence-electron chi connectivity index (χ4n) is 2.67. The highest BCUT2D eigenvalue weighted by atomic mass is 79.9. The van der Waals surface area contributed by atoms with Crippen LogP contribution < -0.4 is 5.32 Å². The minimum atomic E-state index is 0.571. The highest BCUT2D eigenvalue weighted by Crippen LogP contribution is 2.23. The molecule has 3 rings (SSSR count). The number of hydrogen-bond acceptors (Lipinski definition) is 2. The Morgan fingerprint density at radius 3 is 2.84 bits per heavy atom. The molecule has 1 heterocycles. The van der Waals surface area contributed by atoms with E-state index in [0.29, 0.717) is 6.04 Å². The number of rotatable bonds is 3. The third-order valence-electron chi connectivity index (χ3n) is 3.67. The monoisotopic (exact) mass is 319 g/mol. The first-order valence-corrected chi connectivity index (χ1v) is 7.68. The lowest BCUT2D eigenvalue weighted by molar-refractivity contribution is 0.460. The van der Waals surface area contributed by atoms with Gasteiger partial charge in [0.1, 0.15) is 0 Å². The summed E-state index contributed by atoms with van der Waals surface area (Å²) in [6.45, 7) is 0. The number of nitrogens with one attached hydrogen (secondary N) is 1. The van der Waals surface area contributed by atoms with Gasteiger partial charge in [-0.2, -0.15) is 0 Å². The lowest BCUT2D eigenvalue weighted by Gasteiger charge is -2.23. The molecule has 0 aliphatic heterocycles. The molecule has 100 valence electrons. The lowest BCUT2D eigenvalue weighted by Crippen LogP contribution is -2.24. The van der Waals surface area contributed by atoms with Gasteiger partial charge in [-0.15, -0.1) is 0 Å². The van der Waals surface area contributed by atoms with Crippen molar-refractivity contribution in [1.82, 2.24) is 9.55 Å². The molecule has 0 spiro atoms. The Hall–Kier alpha value is -1.29. The number of nitrogens with zero attached hydrogens (tertiary/aromatic N) is 2. The van der Waals surface area contributed by atoms with Gasteiger partial charge in [0, 0.05) is 28.6 Å². The number of aromatic nitrogens is 2. The zero-order valence-electron chi connectivity index (χ0n) is 10.8. The molecule has 0 amide bonds. The molecule has 1 aliphatic carbocycles. The van der Waals surface area contributed by atoms with Crippen molar-refractivity contribution in [2.75, 3.05) is 5.32 Å². The van der Waals surface area contributed by atoms with E-state index in [1.165, 1.54) is 32.1 Å². The summed E-state index contributed by atoms with van der Waals surface area (Å²) >= 11 is 3.52. The van der Waals surface area contributed by atoms with Crippen LogP contribution >= 0.6 is 15.9 Å². The number of hydrogen-bond donors (Lipinski definition) is 1. The summed E-state index contributed by atoms with van der Waals surface area (Å²) in [4.78, 5) is 4.45. The third kappa shape index (κ3) is 3.00. The Kier molecular flexibility index (Phi) is 3.87. The van der Waals surface area contributed by atoms with Gasteiger partial charge in [0.2, 0.25) is 5.95 Å². The smallest absolute Gasteiger partial charge is 0.207 e. The predicted molar refractivity (Wildman–Crippen MR) is 81.8 cm³/mol. The number of halogens is 1. The molecule has 1 aliphatic rings. The molecular weight excluding hydrogens is 302 g/mol. The van der Waals surface area contributed by atoms with Gasteiger partial charge >= 0.3 is 0 Å². The summed E-state index contributed by atoms with van der Waals surface area (Å²) in [5, 5.41) is 3.58. The van der Waals surface area contributed by atoms with E-state index in [-0.39, 0.29) is 0 Å². The van der Waals surface area contributed by atoms with Crippen molar-refractivity contribution < 1.29 is 0 Å². The van der Waals surface area contributed by atoms with Gasteiger partial charge in [0.15, 0.2) is 0 Å². The molecule has 1 aromatic carbocycles. The Labute approximate surface area is 122 Å². The van der Waals surface area contributed by atoms with E-state index in [1.807, 2.05) is 24.5 Å². The van der Waals surface area contributed by atoms with Crippen molar-refractivity contribution >= 4 is 21.9 Å². The van der Waals surface area contributed by atoms with E-state index in [9.17, 15) is 0 Å². The first-order valence-electron chi connectivity index (χ1n) is 6.89. The van der Waals surface area contributed by atoms with E-state index in [4.69, 9.17) is 0 Å². The molecule has 4 heteroatoms. The van der Waals surface area contributed by atoms with Crippen LogP contribution in [-0.4, -0.2) is 15.6 Å². The number of imidazole rings is 1. The average Bonchev–Trinajstić information content (AvgIpc) is 2.88. The summed E-state index contributed by atoms with van der Waals surface area (Å²) in [6.07, 6.45) is 10.4. The van der Waals surface area contributed by atoms with Gasteiger partial charge < -0.3 is 5.32 Å². The van der Waals surface area contributed by atoms with E-state index < -0.39 is 0 Å². The van der Waals surface area contributed by atoms with Gasteiger partial charge in [-0.3, -0.25) is 4.57 Å². The van der Waals surface area contributed by atoms with Gasteiger partial charge in [0.05, 0.1) is 0 Å². The second-order valence-electron chi connectivity index (χ2n) is 5.08. The summed E-state index contributed by atoms with van der Waals surface area (Å²) in [5.41, 5.74) is 1.13. The SMILES string of the molecule is Brc1cccc(-n2ccnc2NC2CCCCC2)c1. The highest BCUT2D eigenvalue weighted by Gasteiger charge is 2.15. The maximum absolute atomic E-state index is 4.45. The van der Waals surface area contributed by atoms with Crippen LogP contribution in [-0.2, 0) is 0 Å². The largest absolute Gasteiger partial charge is 0.353 e. The van der Waals surface area contributed by atoms with E-state index >= 15 is 0 Å². The maximum atomic E-state index is 4.45. The van der Waals surface area contributed by atoms with Crippen LogP contribution in [0.2, 0.25) is 0 Å². The van der Waals surface area contributed by atoms with Crippen LogP contribution in [0.25, 0.3) is 5.69 Å². The van der Waals surface area contributed by atoms with Crippen molar-refractivity contribution in [2.45, 2.75) is 38.1 Å². The van der Waals surface area contributed by atoms with Crippen LogP contribution in [0.3, 0.4) is 0 Å². The van der Waals surface area contributed by atoms with Crippen molar-refractivity contribution in [3.8, 4) is 5.69 Å². The molecule has 0 atom stereocenters. The normalized spacial score (nSPS) is 16.5. The van der Waals surface area contributed by atoms with Gasteiger partial charge in [-0.25, -0.2) is 4.98 Å². The van der Waals surface area contributed by atoms with Crippen molar-refractivity contribution in [2.24, 2.45) is 0 Å². The zero-order valence-corrected chi connectivity index (χ0v) is 12.4. The molecule has 1 fully saturated rings. The molecule has 2 aromatic rings. The molecule has 0 unspecified atom stereocenters. The van der Waals surface area contributed by atoms with Crippen LogP contribution in [0.1, 0.15) is 32.1 Å². The van der Waals surface area contributed by atoms with Gasteiger partial charge in [-0.1, -0.05) is 41.3 Å². The number of benzene rings is 1. The second kappa shape index (κ2) is 5.78. The molecule has 0 saturated heterocycles. The first-order chi connectivity index (χ1) is 9.33. The van der Waals surface area contributed by atoms with Gasteiger partial charge in [-0.05, 0) is 31.0 Å². The molecule has 1 aromatic heterocycles. The van der Waals surface area contributed by atoms with Crippen LogP contribution in [0.4, 0.5) is 5.95 Å². The zero-order chi connectivity index (χ0) is 13.1. The van der Waals surface area contributed by atoms with Crippen LogP contribution in [0.5, 0.6) is 0 Å². The summed E-state index contributed by atoms with van der Waals surface area (Å²) < 4.78 is 3.20. The molecule has 1 N–H and O–H groups in total. The molecule has 0 radical (unpaired) electrons. The Balaban J connectivity index is 1.81. The van der Waals surface area contributed by atoms with Crippen LogP contribution in [0, 0.1) is 0 Å². The first kappa shape index (κ1) is 12.7. The molecule has 0 bridgehead atoms. The van der Waals surface area contributed by atoms with E-state index in [2.05, 4.69) is 42.9 Å². The summed E-state index contributed by atoms with van der Waals surface area (Å²) in [7, 11) is 0. The minimum Gasteiger partial charge on any atom is -0.353 e. The topological polar surface area (TPSA) is 29.9 Å². The maximum Gasteiger partial charge on any atom is 0.207 e. The fourth-order valence-corrected chi connectivity index (χ4v) is 3.06. The summed E-state index contributed by atoms with van der Waals surface area (Å²) in [5.74, 6) is 0.949. The highest BCUT2D eigenvalue weighted by molar-refractivity contribution is 9.10. The van der Waals surface area contributed by atoms with E-state index in [0.717, 1.165) is 16.1 Å². The molecule has 19 heavy (non-hydrogen) atoms. The quantitative estimate of drug-likeness (QED) is 0.909. The van der Waals surface area contributed by atoms with Gasteiger partial charge in [0.25, 0.3) is 0 Å². The third-order valence-corrected chi connectivity index (χ3v) is 4.16. The molecule has 3 nitrogen and oxygen atoms in total. The second-order valence-corrected chi connectivity index (χ2v) is 6.00. The van der Waals surface area contributed by atoms with Crippen molar-refractivity contribution in [3.63, 3.8) is 0 Å². The number of anilines is 1. The Morgan fingerprint density at radius 2 is 2.05 bits per heavy atom. The van der Waals surface area contributed by atoms with Crippen molar-refractivity contribution in [1.29, 1.82) is 0 Å². The Bertz CT molecular complexity index is 544. The molecular formula is C15H18BrN3. The van der Waals surface area contributed by atoms with Crippen molar-refractivity contribution in [3.05, 3.63) is 41.1 Å². The standard InChI is InChI=1S/C15H18BrN3/c16-12-5-4-8-14(11-12)19-10-9-17-15(19)18-13-6-2-1-3-7-13/h4-5,8-11,13H,1-3,6-7H2,(H,17,18). The average molecular weight is 320 g/mol. The Morgan fingerprint density at radius 1 is 1.21 bits per heavy atom. The van der Waals surface area contributed by atoms with E-state index in [1.54, 1.807) is 0 Å². The minimum absolute atomic E-state index is 0.571. The lowest BCUT2D eigenvalue weighted by atomic mass is 9.96. The molecule has 1 saturated carbocycles. The summed E-state index contributed by atoms with van der Waals surface area (Å²) in [6, 6.07) is 8.85. The fraction of sp³-hybridized carbons (Fsp3) is 0.400. The van der Waals surface area contributed by atoms with Crippen LogP contribution in [0.15, 0.2) is 41.1 Å². The predicted octanol–water partition coefficient (Wildman–Crippen LogP) is 4.38.